The number of carbonyl (C=O) groups excluding carboxylic acids is 2. The SMILES string of the molecule is CN(C)C(CNC(=O)C1CC1(C)c1ccccc1)Cc1ccc(C(N)=O)cc1Cl. The Morgan fingerprint density at radius 3 is 2.52 bits per heavy atom. The highest BCUT2D eigenvalue weighted by atomic mass is 35.5. The first-order chi connectivity index (χ1) is 13.7. The van der Waals surface area contributed by atoms with Crippen LogP contribution < -0.4 is 11.1 Å². The van der Waals surface area contributed by atoms with Crippen LogP contribution in [0.25, 0.3) is 0 Å². The predicted molar refractivity (Wildman–Crippen MR) is 116 cm³/mol. The molecule has 0 bridgehead atoms. The molecule has 0 heterocycles. The number of hydrogen-bond acceptors (Lipinski definition) is 3. The lowest BCUT2D eigenvalue weighted by Crippen LogP contribution is -2.42. The van der Waals surface area contributed by atoms with Gasteiger partial charge in [-0.05, 0) is 50.2 Å². The van der Waals surface area contributed by atoms with Gasteiger partial charge in [-0.3, -0.25) is 9.59 Å². The van der Waals surface area contributed by atoms with Crippen LogP contribution in [0.15, 0.2) is 48.5 Å². The van der Waals surface area contributed by atoms with Gasteiger partial charge < -0.3 is 16.0 Å². The summed E-state index contributed by atoms with van der Waals surface area (Å²) in [5.41, 5.74) is 7.76. The number of halogens is 1. The molecule has 0 saturated heterocycles. The second-order valence-electron chi connectivity index (χ2n) is 8.28. The van der Waals surface area contributed by atoms with Crippen molar-refractivity contribution in [3.05, 3.63) is 70.2 Å². The second kappa shape index (κ2) is 8.56. The molecule has 1 saturated carbocycles. The van der Waals surface area contributed by atoms with Gasteiger partial charge in [-0.2, -0.15) is 0 Å². The van der Waals surface area contributed by atoms with Gasteiger partial charge in [0.25, 0.3) is 0 Å². The molecule has 5 nitrogen and oxygen atoms in total. The number of likely N-dealkylation sites (N-methyl/N-ethyl adjacent to an activating group) is 1. The number of amides is 2. The molecule has 3 rings (SSSR count). The smallest absolute Gasteiger partial charge is 0.248 e. The lowest BCUT2D eigenvalue weighted by Gasteiger charge is -2.25. The number of hydrogen-bond donors (Lipinski definition) is 2. The molecule has 0 aliphatic heterocycles. The number of nitrogens with one attached hydrogen (secondary N) is 1. The van der Waals surface area contributed by atoms with Gasteiger partial charge in [0, 0.05) is 34.5 Å². The van der Waals surface area contributed by atoms with E-state index in [-0.39, 0.29) is 23.3 Å². The molecule has 3 unspecified atom stereocenters. The molecule has 3 N–H and O–H groups in total. The average Bonchev–Trinajstić information content (AvgIpc) is 3.39. The molecule has 154 valence electrons. The maximum absolute atomic E-state index is 12.8. The molecular formula is C23H28ClN3O2. The first kappa shape index (κ1) is 21.3. The topological polar surface area (TPSA) is 75.4 Å². The van der Waals surface area contributed by atoms with Crippen molar-refractivity contribution < 1.29 is 9.59 Å². The minimum Gasteiger partial charge on any atom is -0.366 e. The molecule has 0 radical (unpaired) electrons. The van der Waals surface area contributed by atoms with E-state index in [0.717, 1.165) is 12.0 Å². The van der Waals surface area contributed by atoms with Gasteiger partial charge in [-0.25, -0.2) is 0 Å². The number of benzene rings is 2. The van der Waals surface area contributed by atoms with Crippen molar-refractivity contribution in [3.8, 4) is 0 Å². The molecule has 0 aromatic heterocycles. The van der Waals surface area contributed by atoms with E-state index in [1.54, 1.807) is 12.1 Å². The zero-order chi connectivity index (χ0) is 21.2. The maximum atomic E-state index is 12.8. The number of primary amides is 1. The van der Waals surface area contributed by atoms with Gasteiger partial charge in [-0.15, -0.1) is 0 Å². The van der Waals surface area contributed by atoms with E-state index in [1.807, 2.05) is 38.4 Å². The monoisotopic (exact) mass is 413 g/mol. The molecule has 2 aromatic carbocycles. The Morgan fingerprint density at radius 2 is 1.93 bits per heavy atom. The Morgan fingerprint density at radius 1 is 1.24 bits per heavy atom. The Kier molecular flexibility index (Phi) is 6.30. The highest BCUT2D eigenvalue weighted by Crippen LogP contribution is 2.53. The van der Waals surface area contributed by atoms with Gasteiger partial charge in [0.1, 0.15) is 0 Å². The Labute approximate surface area is 177 Å². The summed E-state index contributed by atoms with van der Waals surface area (Å²) in [5.74, 6) is -0.398. The van der Waals surface area contributed by atoms with Crippen molar-refractivity contribution in [2.45, 2.75) is 31.2 Å². The highest BCUT2D eigenvalue weighted by molar-refractivity contribution is 6.31. The van der Waals surface area contributed by atoms with Crippen molar-refractivity contribution in [1.82, 2.24) is 10.2 Å². The molecule has 2 aromatic rings. The lowest BCUT2D eigenvalue weighted by molar-refractivity contribution is -0.122. The molecule has 6 heteroatoms. The van der Waals surface area contributed by atoms with Crippen LogP contribution in [0, 0.1) is 5.92 Å². The van der Waals surface area contributed by atoms with Gasteiger partial charge in [-0.1, -0.05) is 54.9 Å². The third kappa shape index (κ3) is 4.80. The van der Waals surface area contributed by atoms with Gasteiger partial charge in [0.2, 0.25) is 11.8 Å². The number of rotatable bonds is 8. The minimum atomic E-state index is -0.499. The number of nitrogens with zero attached hydrogens (tertiary/aromatic N) is 1. The van der Waals surface area contributed by atoms with Crippen LogP contribution >= 0.6 is 11.6 Å². The predicted octanol–water partition coefficient (Wildman–Crippen LogP) is 3.01. The van der Waals surface area contributed by atoms with Gasteiger partial charge in [0.05, 0.1) is 0 Å². The van der Waals surface area contributed by atoms with E-state index in [0.29, 0.717) is 23.6 Å². The normalized spacial score (nSPS) is 21.6. The van der Waals surface area contributed by atoms with Crippen molar-refractivity contribution in [2.24, 2.45) is 11.7 Å². The van der Waals surface area contributed by atoms with Crippen LogP contribution in [0.3, 0.4) is 0 Å². The van der Waals surface area contributed by atoms with Crippen molar-refractivity contribution in [2.75, 3.05) is 20.6 Å². The fourth-order valence-electron chi connectivity index (χ4n) is 3.78. The van der Waals surface area contributed by atoms with Crippen molar-refractivity contribution in [3.63, 3.8) is 0 Å². The van der Waals surface area contributed by atoms with E-state index in [1.165, 1.54) is 5.56 Å². The zero-order valence-corrected chi connectivity index (χ0v) is 17.9. The van der Waals surface area contributed by atoms with E-state index >= 15 is 0 Å². The van der Waals surface area contributed by atoms with Crippen LogP contribution in [0.5, 0.6) is 0 Å². The van der Waals surface area contributed by atoms with Crippen LogP contribution in [0.1, 0.15) is 34.8 Å². The van der Waals surface area contributed by atoms with E-state index in [4.69, 9.17) is 17.3 Å². The lowest BCUT2D eigenvalue weighted by atomic mass is 9.95. The summed E-state index contributed by atoms with van der Waals surface area (Å²) >= 11 is 6.34. The fourth-order valence-corrected chi connectivity index (χ4v) is 4.04. The molecular weight excluding hydrogens is 386 g/mol. The summed E-state index contributed by atoms with van der Waals surface area (Å²) in [6, 6.07) is 15.4. The first-order valence-corrected chi connectivity index (χ1v) is 10.2. The summed E-state index contributed by atoms with van der Waals surface area (Å²) in [7, 11) is 3.96. The minimum absolute atomic E-state index is 0.00569. The van der Waals surface area contributed by atoms with Crippen LogP contribution in [0.2, 0.25) is 5.02 Å². The number of nitrogens with two attached hydrogens (primary N) is 1. The Balaban J connectivity index is 1.61. The molecule has 29 heavy (non-hydrogen) atoms. The van der Waals surface area contributed by atoms with E-state index < -0.39 is 5.91 Å². The third-order valence-corrected chi connectivity index (χ3v) is 6.37. The quantitative estimate of drug-likeness (QED) is 0.698. The largest absolute Gasteiger partial charge is 0.366 e. The summed E-state index contributed by atoms with van der Waals surface area (Å²) in [6.07, 6.45) is 1.53. The van der Waals surface area contributed by atoms with Crippen LogP contribution in [0.4, 0.5) is 0 Å². The van der Waals surface area contributed by atoms with Crippen LogP contribution in [-0.2, 0) is 16.6 Å². The summed E-state index contributed by atoms with van der Waals surface area (Å²) in [5, 5.41) is 3.63. The van der Waals surface area contributed by atoms with Gasteiger partial charge in [0.15, 0.2) is 0 Å². The maximum Gasteiger partial charge on any atom is 0.248 e. The van der Waals surface area contributed by atoms with E-state index in [9.17, 15) is 9.59 Å². The highest BCUT2D eigenvalue weighted by Gasteiger charge is 2.55. The molecule has 1 fully saturated rings. The average molecular weight is 414 g/mol. The summed E-state index contributed by atoms with van der Waals surface area (Å²) in [6.45, 7) is 2.68. The van der Waals surface area contributed by atoms with Crippen molar-refractivity contribution >= 4 is 23.4 Å². The van der Waals surface area contributed by atoms with Gasteiger partial charge >= 0.3 is 0 Å². The molecule has 1 aliphatic carbocycles. The molecule has 1 aliphatic rings. The molecule has 2 amide bonds. The second-order valence-corrected chi connectivity index (χ2v) is 8.68. The number of carbonyl (C=O) groups is 2. The third-order valence-electron chi connectivity index (χ3n) is 6.02. The Bertz CT molecular complexity index is 900. The van der Waals surface area contributed by atoms with Crippen molar-refractivity contribution in [1.29, 1.82) is 0 Å². The first-order valence-electron chi connectivity index (χ1n) is 9.80. The fraction of sp³-hybridized carbons (Fsp3) is 0.391. The van der Waals surface area contributed by atoms with Crippen LogP contribution in [-0.4, -0.2) is 43.4 Å². The summed E-state index contributed by atoms with van der Waals surface area (Å²) < 4.78 is 0. The zero-order valence-electron chi connectivity index (χ0n) is 17.1. The summed E-state index contributed by atoms with van der Waals surface area (Å²) in [4.78, 5) is 26.1. The Hall–Kier alpha value is -2.37. The standard InChI is InChI=1S/C23H28ClN3O2/c1-23(17-7-5-4-6-8-17)13-19(23)22(29)26-14-18(27(2)3)11-15-9-10-16(21(25)28)12-20(15)24/h4-10,12,18-19H,11,13-14H2,1-3H3,(H2,25,28)(H,26,29). The molecule has 3 atom stereocenters. The molecule has 0 spiro atoms. The van der Waals surface area contributed by atoms with E-state index in [2.05, 4.69) is 29.3 Å².